The maximum atomic E-state index is 5.91. The number of nitrogens with two attached hydrogens (primary N) is 1. The summed E-state index contributed by atoms with van der Waals surface area (Å²) in [4.78, 5) is 4.38. The SMILES string of the molecule is I.NC(=NCc1ccsc1)NC1CCCCCC1. The molecule has 18 heavy (non-hydrogen) atoms. The summed E-state index contributed by atoms with van der Waals surface area (Å²) in [5.41, 5.74) is 7.15. The van der Waals surface area contributed by atoms with Crippen molar-refractivity contribution in [2.24, 2.45) is 10.7 Å². The molecule has 0 unspecified atom stereocenters. The van der Waals surface area contributed by atoms with Crippen LogP contribution < -0.4 is 11.1 Å². The third kappa shape index (κ3) is 5.56. The summed E-state index contributed by atoms with van der Waals surface area (Å²) in [5.74, 6) is 0.600. The molecule has 3 nitrogen and oxygen atoms in total. The van der Waals surface area contributed by atoms with Crippen molar-refractivity contribution in [3.63, 3.8) is 0 Å². The molecule has 1 aliphatic rings. The van der Waals surface area contributed by atoms with Gasteiger partial charge in [-0.3, -0.25) is 0 Å². The van der Waals surface area contributed by atoms with Crippen LogP contribution in [0.1, 0.15) is 44.1 Å². The van der Waals surface area contributed by atoms with Crippen molar-refractivity contribution in [3.8, 4) is 0 Å². The quantitative estimate of drug-likeness (QED) is 0.366. The third-order valence-electron chi connectivity index (χ3n) is 3.22. The molecule has 1 saturated carbocycles. The lowest BCUT2D eigenvalue weighted by Crippen LogP contribution is -2.39. The Kier molecular flexibility index (Phi) is 7.65. The van der Waals surface area contributed by atoms with Gasteiger partial charge in [-0.25, -0.2) is 4.99 Å². The fraction of sp³-hybridized carbons (Fsp3) is 0.615. The number of hydrogen-bond acceptors (Lipinski definition) is 2. The van der Waals surface area contributed by atoms with Crippen LogP contribution in [0.4, 0.5) is 0 Å². The maximum absolute atomic E-state index is 5.91. The second-order valence-corrected chi connectivity index (χ2v) is 5.45. The third-order valence-corrected chi connectivity index (χ3v) is 3.95. The summed E-state index contributed by atoms with van der Waals surface area (Å²) in [7, 11) is 0. The van der Waals surface area contributed by atoms with Crippen molar-refractivity contribution < 1.29 is 0 Å². The minimum absolute atomic E-state index is 0. The average molecular weight is 379 g/mol. The van der Waals surface area contributed by atoms with E-state index < -0.39 is 0 Å². The van der Waals surface area contributed by atoms with Crippen LogP contribution in [0, 0.1) is 0 Å². The van der Waals surface area contributed by atoms with E-state index in [0.29, 0.717) is 18.5 Å². The first kappa shape index (κ1) is 15.8. The Morgan fingerprint density at radius 1 is 1.33 bits per heavy atom. The van der Waals surface area contributed by atoms with Gasteiger partial charge in [-0.05, 0) is 35.2 Å². The summed E-state index contributed by atoms with van der Waals surface area (Å²) in [6.07, 6.45) is 7.82. The largest absolute Gasteiger partial charge is 0.370 e. The zero-order valence-electron chi connectivity index (χ0n) is 10.6. The second kappa shape index (κ2) is 8.74. The number of nitrogens with zero attached hydrogens (tertiary/aromatic N) is 1. The van der Waals surface area contributed by atoms with Gasteiger partial charge in [0.25, 0.3) is 0 Å². The van der Waals surface area contributed by atoms with E-state index in [1.165, 1.54) is 44.1 Å². The number of thiophene rings is 1. The minimum Gasteiger partial charge on any atom is -0.370 e. The van der Waals surface area contributed by atoms with Gasteiger partial charge in [0.1, 0.15) is 0 Å². The molecule has 102 valence electrons. The van der Waals surface area contributed by atoms with E-state index in [0.717, 1.165) is 0 Å². The first-order valence-corrected chi connectivity index (χ1v) is 7.36. The van der Waals surface area contributed by atoms with Gasteiger partial charge < -0.3 is 11.1 Å². The molecule has 0 aromatic carbocycles. The molecule has 3 N–H and O–H groups in total. The van der Waals surface area contributed by atoms with Crippen molar-refractivity contribution in [2.45, 2.75) is 51.1 Å². The molecular weight excluding hydrogens is 357 g/mol. The van der Waals surface area contributed by atoms with Gasteiger partial charge in [-0.1, -0.05) is 25.7 Å². The monoisotopic (exact) mass is 379 g/mol. The lowest BCUT2D eigenvalue weighted by molar-refractivity contribution is 0.530. The van der Waals surface area contributed by atoms with E-state index in [1.54, 1.807) is 11.3 Å². The van der Waals surface area contributed by atoms with Gasteiger partial charge in [0, 0.05) is 6.04 Å². The van der Waals surface area contributed by atoms with Crippen LogP contribution in [-0.4, -0.2) is 12.0 Å². The van der Waals surface area contributed by atoms with Crippen LogP contribution in [0.3, 0.4) is 0 Å². The van der Waals surface area contributed by atoms with Crippen LogP contribution in [-0.2, 0) is 6.54 Å². The molecule has 0 saturated heterocycles. The average Bonchev–Trinajstić information content (AvgIpc) is 2.72. The van der Waals surface area contributed by atoms with Crippen LogP contribution in [0.2, 0.25) is 0 Å². The van der Waals surface area contributed by atoms with Crippen LogP contribution in [0.5, 0.6) is 0 Å². The second-order valence-electron chi connectivity index (χ2n) is 4.67. The predicted molar refractivity (Wildman–Crippen MR) is 89.7 cm³/mol. The highest BCUT2D eigenvalue weighted by Crippen LogP contribution is 2.17. The molecule has 1 fully saturated rings. The van der Waals surface area contributed by atoms with Gasteiger partial charge in [-0.2, -0.15) is 11.3 Å². The first-order valence-electron chi connectivity index (χ1n) is 6.42. The van der Waals surface area contributed by atoms with Gasteiger partial charge in [0.2, 0.25) is 0 Å². The number of nitrogens with one attached hydrogen (secondary N) is 1. The van der Waals surface area contributed by atoms with Gasteiger partial charge in [0.15, 0.2) is 5.96 Å². The van der Waals surface area contributed by atoms with Crippen molar-refractivity contribution >= 4 is 41.3 Å². The lowest BCUT2D eigenvalue weighted by atomic mass is 10.1. The molecule has 1 aromatic heterocycles. The number of guanidine groups is 1. The zero-order valence-corrected chi connectivity index (χ0v) is 13.7. The Labute approximate surface area is 130 Å². The Morgan fingerprint density at radius 2 is 2.06 bits per heavy atom. The molecule has 0 aliphatic heterocycles. The van der Waals surface area contributed by atoms with Gasteiger partial charge in [0.05, 0.1) is 6.54 Å². The van der Waals surface area contributed by atoms with E-state index in [-0.39, 0.29) is 24.0 Å². The molecule has 0 bridgehead atoms. The fourth-order valence-electron chi connectivity index (χ4n) is 2.24. The molecule has 2 rings (SSSR count). The Hall–Kier alpha value is -0.300. The first-order chi connectivity index (χ1) is 8.34. The predicted octanol–water partition coefficient (Wildman–Crippen LogP) is 3.49. The smallest absolute Gasteiger partial charge is 0.189 e. The van der Waals surface area contributed by atoms with E-state index in [4.69, 9.17) is 5.73 Å². The van der Waals surface area contributed by atoms with Gasteiger partial charge in [-0.15, -0.1) is 24.0 Å². The van der Waals surface area contributed by atoms with Crippen molar-refractivity contribution in [1.29, 1.82) is 0 Å². The molecule has 5 heteroatoms. The molecule has 1 aromatic rings. The molecule has 1 heterocycles. The van der Waals surface area contributed by atoms with Crippen molar-refractivity contribution in [2.75, 3.05) is 0 Å². The molecule has 0 radical (unpaired) electrons. The van der Waals surface area contributed by atoms with Crippen LogP contribution in [0.15, 0.2) is 21.8 Å². The standard InChI is InChI=1S/C13H21N3S.HI/c14-13(15-9-11-7-8-17-10-11)16-12-5-3-1-2-4-6-12;/h7-8,10,12H,1-6,9H2,(H3,14,15,16);1H. The van der Waals surface area contributed by atoms with Crippen LogP contribution >= 0.6 is 35.3 Å². The van der Waals surface area contributed by atoms with E-state index in [1.807, 2.05) is 0 Å². The van der Waals surface area contributed by atoms with E-state index >= 15 is 0 Å². The molecule has 0 spiro atoms. The van der Waals surface area contributed by atoms with Crippen molar-refractivity contribution in [1.82, 2.24) is 5.32 Å². The zero-order chi connectivity index (χ0) is 11.9. The summed E-state index contributed by atoms with van der Waals surface area (Å²) >= 11 is 1.70. The van der Waals surface area contributed by atoms with Crippen LogP contribution in [0.25, 0.3) is 0 Å². The molecular formula is C13H22IN3S. The summed E-state index contributed by atoms with van der Waals surface area (Å²) < 4.78 is 0. The highest BCUT2D eigenvalue weighted by molar-refractivity contribution is 14.0. The van der Waals surface area contributed by atoms with Gasteiger partial charge >= 0.3 is 0 Å². The molecule has 0 atom stereocenters. The number of rotatable bonds is 3. The highest BCUT2D eigenvalue weighted by atomic mass is 127. The van der Waals surface area contributed by atoms with E-state index in [9.17, 15) is 0 Å². The van der Waals surface area contributed by atoms with E-state index in [2.05, 4.69) is 27.1 Å². The lowest BCUT2D eigenvalue weighted by Gasteiger charge is -2.16. The Bertz CT molecular complexity index is 343. The Balaban J connectivity index is 0.00000162. The Morgan fingerprint density at radius 3 is 2.67 bits per heavy atom. The number of halogens is 1. The summed E-state index contributed by atoms with van der Waals surface area (Å²) in [5, 5.41) is 7.54. The number of aliphatic imine (C=N–C) groups is 1. The topological polar surface area (TPSA) is 50.4 Å². The normalized spacial score (nSPS) is 17.9. The fourth-order valence-corrected chi connectivity index (χ4v) is 2.90. The molecule has 0 amide bonds. The highest BCUT2D eigenvalue weighted by Gasteiger charge is 2.11. The number of hydrogen-bond donors (Lipinski definition) is 2. The minimum atomic E-state index is 0. The summed E-state index contributed by atoms with van der Waals surface area (Å²) in [6.45, 7) is 0.690. The van der Waals surface area contributed by atoms with Crippen molar-refractivity contribution in [3.05, 3.63) is 22.4 Å². The molecule has 1 aliphatic carbocycles. The summed E-state index contributed by atoms with van der Waals surface area (Å²) in [6, 6.07) is 2.62. The maximum Gasteiger partial charge on any atom is 0.189 e.